The fraction of sp³-hybridized carbons (Fsp3) is 0.241. The van der Waals surface area contributed by atoms with Gasteiger partial charge in [-0.05, 0) is 61.4 Å². The zero-order valence-corrected chi connectivity index (χ0v) is 21.1. The summed E-state index contributed by atoms with van der Waals surface area (Å²) >= 11 is 0. The van der Waals surface area contributed by atoms with E-state index in [1.807, 2.05) is 18.2 Å². The second-order valence-electron chi connectivity index (χ2n) is 8.58. The number of hydrogen-bond donors (Lipinski definition) is 2. The van der Waals surface area contributed by atoms with Crippen molar-refractivity contribution in [2.45, 2.75) is 26.4 Å². The molecule has 2 N–H and O–H groups in total. The lowest BCUT2D eigenvalue weighted by molar-refractivity contribution is -0.140. The summed E-state index contributed by atoms with van der Waals surface area (Å²) in [5, 5.41) is 21.7. The van der Waals surface area contributed by atoms with Crippen LogP contribution in [0.5, 0.6) is 23.0 Å². The van der Waals surface area contributed by atoms with E-state index in [9.17, 15) is 19.8 Å². The molecule has 0 aromatic heterocycles. The van der Waals surface area contributed by atoms with Crippen LogP contribution in [-0.2, 0) is 16.1 Å². The van der Waals surface area contributed by atoms with E-state index in [0.29, 0.717) is 40.4 Å². The molecule has 0 saturated carbocycles. The van der Waals surface area contributed by atoms with Crippen molar-refractivity contribution in [1.82, 2.24) is 4.90 Å². The van der Waals surface area contributed by atoms with Gasteiger partial charge in [0.25, 0.3) is 11.7 Å². The van der Waals surface area contributed by atoms with Gasteiger partial charge >= 0.3 is 0 Å². The van der Waals surface area contributed by atoms with Crippen LogP contribution in [0, 0.1) is 6.92 Å². The van der Waals surface area contributed by atoms with Crippen LogP contribution in [0.3, 0.4) is 0 Å². The molecule has 0 spiro atoms. The first-order chi connectivity index (χ1) is 17.8. The van der Waals surface area contributed by atoms with Crippen molar-refractivity contribution in [3.63, 3.8) is 0 Å². The fourth-order valence-corrected chi connectivity index (χ4v) is 4.55. The quantitative estimate of drug-likeness (QED) is 0.260. The number of hydrogen-bond acceptors (Lipinski definition) is 7. The third-order valence-electron chi connectivity index (χ3n) is 6.36. The third kappa shape index (κ3) is 4.82. The number of ether oxygens (including phenoxy) is 3. The van der Waals surface area contributed by atoms with Crippen molar-refractivity contribution in [1.29, 1.82) is 0 Å². The molecule has 3 aromatic carbocycles. The van der Waals surface area contributed by atoms with E-state index in [1.165, 1.54) is 18.1 Å². The van der Waals surface area contributed by atoms with Crippen LogP contribution in [0.4, 0.5) is 0 Å². The van der Waals surface area contributed by atoms with Gasteiger partial charge < -0.3 is 29.3 Å². The Kier molecular flexibility index (Phi) is 7.38. The van der Waals surface area contributed by atoms with Gasteiger partial charge in [0.2, 0.25) is 0 Å². The highest BCUT2D eigenvalue weighted by atomic mass is 16.5. The van der Waals surface area contributed by atoms with E-state index >= 15 is 0 Å². The molecule has 3 aromatic rings. The summed E-state index contributed by atoms with van der Waals surface area (Å²) in [7, 11) is 3.07. The molecule has 192 valence electrons. The summed E-state index contributed by atoms with van der Waals surface area (Å²) in [6.07, 6.45) is 0. The molecular formula is C29H29NO7. The molecule has 8 nitrogen and oxygen atoms in total. The normalized spacial score (nSPS) is 16.6. The van der Waals surface area contributed by atoms with E-state index in [2.05, 4.69) is 0 Å². The minimum atomic E-state index is -0.939. The molecule has 1 aliphatic rings. The van der Waals surface area contributed by atoms with Crippen molar-refractivity contribution in [2.75, 3.05) is 20.8 Å². The van der Waals surface area contributed by atoms with E-state index in [1.54, 1.807) is 57.4 Å². The Morgan fingerprint density at radius 2 is 1.73 bits per heavy atom. The predicted molar refractivity (Wildman–Crippen MR) is 138 cm³/mol. The summed E-state index contributed by atoms with van der Waals surface area (Å²) < 4.78 is 16.3. The summed E-state index contributed by atoms with van der Waals surface area (Å²) in [4.78, 5) is 28.2. The number of aryl methyl sites for hydroxylation is 1. The Morgan fingerprint density at radius 3 is 2.41 bits per heavy atom. The Morgan fingerprint density at radius 1 is 0.973 bits per heavy atom. The summed E-state index contributed by atoms with van der Waals surface area (Å²) in [5.41, 5.74) is 2.22. The number of phenols is 1. The van der Waals surface area contributed by atoms with Gasteiger partial charge in [0.1, 0.15) is 17.3 Å². The average molecular weight is 504 g/mol. The number of rotatable bonds is 8. The molecule has 8 heteroatoms. The number of Topliss-reactive ketones (excluding diaryl/α,β-unsaturated/α-hetero) is 1. The molecule has 1 atom stereocenters. The SMILES string of the molecule is CCOc1cc(C2/C(=C(\O)c3ccc(OC)cc3C)C(=O)C(=O)N2Cc2ccccc2OC)ccc1O. The van der Waals surface area contributed by atoms with Gasteiger partial charge in [0, 0.05) is 11.1 Å². The zero-order chi connectivity index (χ0) is 26.7. The molecule has 1 amide bonds. The lowest BCUT2D eigenvalue weighted by Crippen LogP contribution is -2.29. The highest BCUT2D eigenvalue weighted by molar-refractivity contribution is 6.46. The van der Waals surface area contributed by atoms with Crippen molar-refractivity contribution in [2.24, 2.45) is 0 Å². The van der Waals surface area contributed by atoms with E-state index in [0.717, 1.165) is 0 Å². The minimum Gasteiger partial charge on any atom is -0.507 e. The van der Waals surface area contributed by atoms with E-state index in [4.69, 9.17) is 14.2 Å². The lowest BCUT2D eigenvalue weighted by atomic mass is 9.93. The second-order valence-corrected chi connectivity index (χ2v) is 8.58. The molecule has 1 saturated heterocycles. The predicted octanol–water partition coefficient (Wildman–Crippen LogP) is 4.74. The summed E-state index contributed by atoms with van der Waals surface area (Å²) in [6.45, 7) is 3.93. The number of para-hydroxylation sites is 1. The van der Waals surface area contributed by atoms with Crippen molar-refractivity contribution in [3.8, 4) is 23.0 Å². The first kappa shape index (κ1) is 25.6. The third-order valence-corrected chi connectivity index (χ3v) is 6.36. The van der Waals surface area contributed by atoms with Crippen LogP contribution in [0.1, 0.15) is 35.2 Å². The topological polar surface area (TPSA) is 106 Å². The molecule has 1 unspecified atom stereocenters. The van der Waals surface area contributed by atoms with Crippen molar-refractivity contribution < 1.29 is 34.0 Å². The minimum absolute atomic E-state index is 0.0543. The Balaban J connectivity index is 1.91. The fourth-order valence-electron chi connectivity index (χ4n) is 4.55. The highest BCUT2D eigenvalue weighted by Crippen LogP contribution is 2.43. The number of aliphatic hydroxyl groups excluding tert-OH is 1. The number of amides is 1. The number of aliphatic hydroxyl groups is 1. The number of ketones is 1. The molecule has 37 heavy (non-hydrogen) atoms. The Labute approximate surface area is 215 Å². The van der Waals surface area contributed by atoms with Crippen LogP contribution < -0.4 is 14.2 Å². The maximum atomic E-state index is 13.4. The number of carbonyl (C=O) groups is 2. The number of nitrogens with zero attached hydrogens (tertiary/aromatic N) is 1. The van der Waals surface area contributed by atoms with Crippen LogP contribution >= 0.6 is 0 Å². The molecule has 0 aliphatic carbocycles. The first-order valence-electron chi connectivity index (χ1n) is 11.8. The van der Waals surface area contributed by atoms with Gasteiger partial charge in [-0.3, -0.25) is 9.59 Å². The smallest absolute Gasteiger partial charge is 0.295 e. The number of benzene rings is 3. The van der Waals surface area contributed by atoms with Gasteiger partial charge in [0.15, 0.2) is 11.5 Å². The van der Waals surface area contributed by atoms with Crippen LogP contribution in [0.2, 0.25) is 0 Å². The molecule has 1 aliphatic heterocycles. The van der Waals surface area contributed by atoms with Gasteiger partial charge in [0.05, 0.1) is 39.0 Å². The Hall–Kier alpha value is -4.46. The monoisotopic (exact) mass is 503 g/mol. The van der Waals surface area contributed by atoms with Crippen molar-refractivity contribution >= 4 is 17.4 Å². The summed E-state index contributed by atoms with van der Waals surface area (Å²) in [5.74, 6) is -0.552. The van der Waals surface area contributed by atoms with Gasteiger partial charge in [-0.1, -0.05) is 24.3 Å². The number of likely N-dealkylation sites (tertiary alicyclic amines) is 1. The van der Waals surface area contributed by atoms with Gasteiger partial charge in [-0.15, -0.1) is 0 Å². The molecule has 0 radical (unpaired) electrons. The Bertz CT molecular complexity index is 1380. The second kappa shape index (κ2) is 10.7. The standard InChI is InChI=1S/C29H29NO7/c1-5-37-24-15-18(10-13-22(24)31)26-25(27(32)21-12-11-20(35-3)14-17(21)2)28(33)29(34)30(26)16-19-8-6-7-9-23(19)36-4/h6-15,26,31-32H,5,16H2,1-4H3/b27-25+. The molecule has 0 bridgehead atoms. The number of methoxy groups -OCH3 is 2. The largest absolute Gasteiger partial charge is 0.507 e. The number of phenolic OH excluding ortho intramolecular Hbond substituents is 1. The number of aromatic hydroxyl groups is 1. The first-order valence-corrected chi connectivity index (χ1v) is 11.8. The summed E-state index contributed by atoms with van der Waals surface area (Å²) in [6, 6.07) is 16.0. The number of carbonyl (C=O) groups excluding carboxylic acids is 2. The van der Waals surface area contributed by atoms with E-state index < -0.39 is 17.7 Å². The zero-order valence-electron chi connectivity index (χ0n) is 21.1. The van der Waals surface area contributed by atoms with Crippen molar-refractivity contribution in [3.05, 3.63) is 88.5 Å². The van der Waals surface area contributed by atoms with E-state index in [-0.39, 0.29) is 29.4 Å². The lowest BCUT2D eigenvalue weighted by Gasteiger charge is -2.26. The highest BCUT2D eigenvalue weighted by Gasteiger charge is 2.46. The average Bonchev–Trinajstić information content (AvgIpc) is 3.15. The molecule has 4 rings (SSSR count). The molecule has 1 heterocycles. The maximum Gasteiger partial charge on any atom is 0.295 e. The van der Waals surface area contributed by atoms with Gasteiger partial charge in [-0.2, -0.15) is 0 Å². The molecular weight excluding hydrogens is 474 g/mol. The van der Waals surface area contributed by atoms with Crippen LogP contribution in [0.15, 0.2) is 66.2 Å². The van der Waals surface area contributed by atoms with Crippen LogP contribution in [-0.4, -0.2) is 47.6 Å². The van der Waals surface area contributed by atoms with Crippen LogP contribution in [0.25, 0.3) is 5.76 Å². The van der Waals surface area contributed by atoms with Gasteiger partial charge in [-0.25, -0.2) is 0 Å². The molecule has 1 fully saturated rings. The maximum absolute atomic E-state index is 13.4.